The van der Waals surface area contributed by atoms with Crippen molar-refractivity contribution < 1.29 is 9.59 Å². The summed E-state index contributed by atoms with van der Waals surface area (Å²) in [5, 5.41) is 5.36. The molecule has 1 N–H and O–H groups in total. The Bertz CT molecular complexity index is 868. The molecule has 1 saturated heterocycles. The number of nitrogens with one attached hydrogen (secondary N) is 1. The number of halogens is 3. The maximum absolute atomic E-state index is 12.3. The average molecular weight is 411 g/mol. The van der Waals surface area contributed by atoms with Gasteiger partial charge in [0, 0.05) is 23.7 Å². The molecule has 1 aliphatic heterocycles. The second kappa shape index (κ2) is 8.08. The van der Waals surface area contributed by atoms with Gasteiger partial charge in [0.2, 0.25) is 11.8 Å². The summed E-state index contributed by atoms with van der Waals surface area (Å²) in [5.41, 5.74) is 3.88. The summed E-state index contributed by atoms with van der Waals surface area (Å²) in [4.78, 5) is 26.0. The monoisotopic (exact) mass is 409 g/mol. The van der Waals surface area contributed by atoms with Crippen LogP contribution in [0, 0.1) is 5.92 Å². The third-order valence-corrected chi connectivity index (χ3v) is 4.96. The number of hydrazone groups is 1. The van der Waals surface area contributed by atoms with Crippen molar-refractivity contribution >= 4 is 58.5 Å². The van der Waals surface area contributed by atoms with E-state index in [1.807, 2.05) is 0 Å². The molecule has 1 heterocycles. The Kier molecular flexibility index (Phi) is 5.81. The minimum atomic E-state index is -0.468. The fourth-order valence-corrected chi connectivity index (χ4v) is 3.04. The SMILES string of the molecule is O=C(N/N=C\c1ccc(Cl)c(Cl)c1)[C@H]1CC(=O)N(c2ccc(Cl)cc2)C1. The number of carbonyl (C=O) groups excluding carboxylic acids is 2. The second-order valence-corrected chi connectivity index (χ2v) is 7.04. The molecule has 134 valence electrons. The number of rotatable bonds is 4. The van der Waals surface area contributed by atoms with Gasteiger partial charge in [-0.2, -0.15) is 5.10 Å². The number of amides is 2. The summed E-state index contributed by atoms with van der Waals surface area (Å²) in [6, 6.07) is 11.9. The van der Waals surface area contributed by atoms with Crippen LogP contribution in [0.1, 0.15) is 12.0 Å². The maximum Gasteiger partial charge on any atom is 0.245 e. The zero-order chi connectivity index (χ0) is 18.7. The number of carbonyl (C=O) groups is 2. The molecule has 1 aliphatic rings. The minimum absolute atomic E-state index is 0.110. The van der Waals surface area contributed by atoms with Gasteiger partial charge < -0.3 is 4.90 Å². The summed E-state index contributed by atoms with van der Waals surface area (Å²) in [7, 11) is 0. The van der Waals surface area contributed by atoms with Crippen molar-refractivity contribution in [3.63, 3.8) is 0 Å². The van der Waals surface area contributed by atoms with E-state index in [2.05, 4.69) is 10.5 Å². The van der Waals surface area contributed by atoms with Crippen LogP contribution in [0.2, 0.25) is 15.1 Å². The van der Waals surface area contributed by atoms with E-state index in [4.69, 9.17) is 34.8 Å². The molecule has 0 aromatic heterocycles. The zero-order valence-electron chi connectivity index (χ0n) is 13.5. The first-order valence-electron chi connectivity index (χ1n) is 7.78. The Hall–Kier alpha value is -2.08. The molecule has 3 rings (SSSR count). The predicted molar refractivity (Wildman–Crippen MR) is 104 cm³/mol. The number of hydrogen-bond donors (Lipinski definition) is 1. The van der Waals surface area contributed by atoms with Gasteiger partial charge in [-0.15, -0.1) is 0 Å². The van der Waals surface area contributed by atoms with Gasteiger partial charge in [0.25, 0.3) is 0 Å². The standard InChI is InChI=1S/C18H14Cl3N3O2/c19-13-2-4-14(5-3-13)24-10-12(8-17(24)25)18(26)23-22-9-11-1-6-15(20)16(21)7-11/h1-7,9,12H,8,10H2,(H,23,26)/b22-9-/t12-/m0/s1. The number of benzene rings is 2. The lowest BCUT2D eigenvalue weighted by Crippen LogP contribution is -2.30. The lowest BCUT2D eigenvalue weighted by molar-refractivity contribution is -0.126. The Morgan fingerprint density at radius 1 is 1.12 bits per heavy atom. The molecule has 8 heteroatoms. The molecule has 1 atom stereocenters. The Labute approximate surface area is 165 Å². The van der Waals surface area contributed by atoms with Crippen LogP contribution in [-0.4, -0.2) is 24.6 Å². The van der Waals surface area contributed by atoms with Crippen LogP contribution < -0.4 is 10.3 Å². The fraction of sp³-hybridized carbons (Fsp3) is 0.167. The normalized spacial score (nSPS) is 17.1. The highest BCUT2D eigenvalue weighted by Crippen LogP contribution is 2.26. The minimum Gasteiger partial charge on any atom is -0.312 e. The summed E-state index contributed by atoms with van der Waals surface area (Å²) >= 11 is 17.6. The molecule has 2 amide bonds. The molecule has 0 radical (unpaired) electrons. The number of anilines is 1. The Morgan fingerprint density at radius 2 is 1.85 bits per heavy atom. The molecule has 0 bridgehead atoms. The highest BCUT2D eigenvalue weighted by molar-refractivity contribution is 6.42. The second-order valence-electron chi connectivity index (χ2n) is 5.79. The molecule has 5 nitrogen and oxygen atoms in total. The summed E-state index contributed by atoms with van der Waals surface area (Å²) in [6.45, 7) is 0.300. The third-order valence-electron chi connectivity index (χ3n) is 3.97. The Morgan fingerprint density at radius 3 is 2.54 bits per heavy atom. The van der Waals surface area contributed by atoms with Gasteiger partial charge in [-0.05, 0) is 42.0 Å². The van der Waals surface area contributed by atoms with Crippen molar-refractivity contribution in [2.24, 2.45) is 11.0 Å². The molecule has 0 saturated carbocycles. The first-order valence-corrected chi connectivity index (χ1v) is 8.91. The molecule has 0 unspecified atom stereocenters. The number of hydrogen-bond acceptors (Lipinski definition) is 3. The van der Waals surface area contributed by atoms with Crippen molar-refractivity contribution in [3.8, 4) is 0 Å². The number of nitrogens with zero attached hydrogens (tertiary/aromatic N) is 2. The van der Waals surface area contributed by atoms with Gasteiger partial charge >= 0.3 is 0 Å². The van der Waals surface area contributed by atoms with E-state index >= 15 is 0 Å². The average Bonchev–Trinajstić information content (AvgIpc) is 3.00. The smallest absolute Gasteiger partial charge is 0.245 e. The van der Waals surface area contributed by atoms with Gasteiger partial charge in [-0.1, -0.05) is 40.9 Å². The van der Waals surface area contributed by atoms with Gasteiger partial charge in [0.15, 0.2) is 0 Å². The topological polar surface area (TPSA) is 61.8 Å². The van der Waals surface area contributed by atoms with E-state index in [-0.39, 0.29) is 18.2 Å². The van der Waals surface area contributed by atoms with Crippen molar-refractivity contribution in [1.29, 1.82) is 0 Å². The van der Waals surface area contributed by atoms with Crippen LogP contribution in [0.4, 0.5) is 5.69 Å². The van der Waals surface area contributed by atoms with Gasteiger partial charge in [-0.25, -0.2) is 5.43 Å². The summed E-state index contributed by atoms with van der Waals surface area (Å²) in [5.74, 6) is -0.892. The zero-order valence-corrected chi connectivity index (χ0v) is 15.7. The van der Waals surface area contributed by atoms with Crippen LogP contribution in [0.5, 0.6) is 0 Å². The van der Waals surface area contributed by atoms with E-state index in [0.29, 0.717) is 32.9 Å². The molecule has 0 spiro atoms. The van der Waals surface area contributed by atoms with E-state index in [1.165, 1.54) is 6.21 Å². The van der Waals surface area contributed by atoms with Crippen LogP contribution >= 0.6 is 34.8 Å². The van der Waals surface area contributed by atoms with Crippen molar-refractivity contribution in [2.45, 2.75) is 6.42 Å². The van der Waals surface area contributed by atoms with Crippen molar-refractivity contribution in [2.75, 3.05) is 11.4 Å². The molecule has 2 aromatic carbocycles. The predicted octanol–water partition coefficient (Wildman–Crippen LogP) is 4.15. The van der Waals surface area contributed by atoms with E-state index in [0.717, 1.165) is 0 Å². The van der Waals surface area contributed by atoms with Crippen molar-refractivity contribution in [1.82, 2.24) is 5.43 Å². The highest BCUT2D eigenvalue weighted by Gasteiger charge is 2.35. The van der Waals surface area contributed by atoms with E-state index in [9.17, 15) is 9.59 Å². The third kappa shape index (κ3) is 4.36. The molecular formula is C18H14Cl3N3O2. The van der Waals surface area contributed by atoms with Gasteiger partial charge in [-0.3, -0.25) is 9.59 Å². The molecule has 1 fully saturated rings. The lowest BCUT2D eigenvalue weighted by atomic mass is 10.1. The van der Waals surface area contributed by atoms with Crippen LogP contribution in [0.25, 0.3) is 0 Å². The quantitative estimate of drug-likeness (QED) is 0.608. The maximum atomic E-state index is 12.3. The highest BCUT2D eigenvalue weighted by atomic mass is 35.5. The summed E-state index contributed by atoms with van der Waals surface area (Å²) in [6.07, 6.45) is 1.60. The molecule has 0 aliphatic carbocycles. The molecule has 2 aromatic rings. The van der Waals surface area contributed by atoms with Crippen LogP contribution in [0.3, 0.4) is 0 Å². The first-order chi connectivity index (χ1) is 12.4. The van der Waals surface area contributed by atoms with Crippen LogP contribution in [-0.2, 0) is 9.59 Å². The van der Waals surface area contributed by atoms with E-state index < -0.39 is 5.92 Å². The molecule has 26 heavy (non-hydrogen) atoms. The Balaban J connectivity index is 1.60. The largest absolute Gasteiger partial charge is 0.312 e. The van der Waals surface area contributed by atoms with Crippen molar-refractivity contribution in [3.05, 3.63) is 63.1 Å². The lowest BCUT2D eigenvalue weighted by Gasteiger charge is -2.16. The van der Waals surface area contributed by atoms with Gasteiger partial charge in [0.05, 0.1) is 22.2 Å². The fourth-order valence-electron chi connectivity index (χ4n) is 2.61. The van der Waals surface area contributed by atoms with Crippen LogP contribution in [0.15, 0.2) is 47.6 Å². The first kappa shape index (κ1) is 18.7. The van der Waals surface area contributed by atoms with Gasteiger partial charge in [0.1, 0.15) is 0 Å². The molecular weight excluding hydrogens is 397 g/mol. The van der Waals surface area contributed by atoms with E-state index in [1.54, 1.807) is 47.4 Å². The summed E-state index contributed by atoms with van der Waals surface area (Å²) < 4.78 is 0.